The first kappa shape index (κ1) is 20.7. The number of urea groups is 1. The van der Waals surface area contributed by atoms with Gasteiger partial charge in [-0.25, -0.2) is 9.78 Å². The van der Waals surface area contributed by atoms with Gasteiger partial charge in [0.05, 0.1) is 27.5 Å². The van der Waals surface area contributed by atoms with Gasteiger partial charge in [-0.2, -0.15) is 0 Å². The van der Waals surface area contributed by atoms with Gasteiger partial charge in [0.25, 0.3) is 0 Å². The summed E-state index contributed by atoms with van der Waals surface area (Å²) in [5, 5.41) is 22.6. The standard InChI is InChI=1S/C21H21ClN4O3S/c1-12-2-3-16-18(8-12)30-20(24-16)25-21(29)26-6-4-13(5-7-26)19-15(22)9-14(10-23-19)17(28)11-27/h2-4,8-10,17,27-28H,5-7,11H2,1H3,(H,24,25,29)/t17-/m1/s1. The van der Waals surface area contributed by atoms with E-state index in [0.29, 0.717) is 40.9 Å². The number of aliphatic hydroxyl groups is 2. The van der Waals surface area contributed by atoms with E-state index in [2.05, 4.69) is 21.4 Å². The fourth-order valence-corrected chi connectivity index (χ4v) is 4.55. The average Bonchev–Trinajstić information content (AvgIpc) is 3.14. The quantitative estimate of drug-likeness (QED) is 0.565. The van der Waals surface area contributed by atoms with Crippen molar-refractivity contribution in [3.05, 3.63) is 58.4 Å². The number of carbonyl (C=O) groups is 1. The normalized spacial score (nSPS) is 15.2. The number of carbonyl (C=O) groups excluding carboxylic acids is 1. The third-order valence-corrected chi connectivity index (χ3v) is 6.20. The number of pyridine rings is 1. The van der Waals surface area contributed by atoms with Gasteiger partial charge < -0.3 is 15.1 Å². The number of rotatable bonds is 4. The van der Waals surface area contributed by atoms with Crippen molar-refractivity contribution in [2.45, 2.75) is 19.4 Å². The highest BCUT2D eigenvalue weighted by Gasteiger charge is 2.21. The van der Waals surface area contributed by atoms with Gasteiger partial charge >= 0.3 is 6.03 Å². The van der Waals surface area contributed by atoms with Crippen molar-refractivity contribution < 1.29 is 15.0 Å². The highest BCUT2D eigenvalue weighted by Crippen LogP contribution is 2.30. The van der Waals surface area contributed by atoms with Crippen LogP contribution in [-0.2, 0) is 0 Å². The van der Waals surface area contributed by atoms with Crippen LogP contribution in [-0.4, -0.2) is 50.8 Å². The molecule has 4 rings (SSSR count). The van der Waals surface area contributed by atoms with E-state index >= 15 is 0 Å². The molecule has 0 unspecified atom stereocenters. The summed E-state index contributed by atoms with van der Waals surface area (Å²) in [4.78, 5) is 23.2. The lowest BCUT2D eigenvalue weighted by atomic mass is 10.0. The van der Waals surface area contributed by atoms with Gasteiger partial charge in [0, 0.05) is 24.8 Å². The Hall–Kier alpha value is -2.52. The van der Waals surface area contributed by atoms with Crippen LogP contribution in [0.1, 0.15) is 29.3 Å². The lowest BCUT2D eigenvalue weighted by Gasteiger charge is -2.26. The van der Waals surface area contributed by atoms with E-state index in [1.54, 1.807) is 11.0 Å². The Kier molecular flexibility index (Phi) is 6.01. The fraction of sp³-hybridized carbons (Fsp3) is 0.286. The number of benzene rings is 1. The van der Waals surface area contributed by atoms with Crippen molar-refractivity contribution >= 4 is 49.9 Å². The van der Waals surface area contributed by atoms with Crippen molar-refractivity contribution in [2.75, 3.05) is 25.0 Å². The van der Waals surface area contributed by atoms with E-state index in [4.69, 9.17) is 16.7 Å². The van der Waals surface area contributed by atoms with Crippen LogP contribution in [0.4, 0.5) is 9.93 Å². The van der Waals surface area contributed by atoms with E-state index in [0.717, 1.165) is 21.4 Å². The zero-order chi connectivity index (χ0) is 21.3. The lowest BCUT2D eigenvalue weighted by Crippen LogP contribution is -2.37. The first-order valence-electron chi connectivity index (χ1n) is 9.51. The Morgan fingerprint density at radius 3 is 2.93 bits per heavy atom. The van der Waals surface area contributed by atoms with Gasteiger partial charge in [0.15, 0.2) is 5.13 Å². The Morgan fingerprint density at radius 2 is 2.23 bits per heavy atom. The van der Waals surface area contributed by atoms with Crippen molar-refractivity contribution in [1.29, 1.82) is 0 Å². The molecule has 0 spiro atoms. The van der Waals surface area contributed by atoms with Crippen LogP contribution in [0.15, 0.2) is 36.5 Å². The van der Waals surface area contributed by atoms with Crippen LogP contribution < -0.4 is 5.32 Å². The zero-order valence-electron chi connectivity index (χ0n) is 16.3. The lowest BCUT2D eigenvalue weighted by molar-refractivity contribution is 0.0953. The number of thiazole rings is 1. The van der Waals surface area contributed by atoms with Gasteiger partial charge in [-0.15, -0.1) is 0 Å². The second-order valence-electron chi connectivity index (χ2n) is 7.14. The minimum absolute atomic E-state index is 0.193. The number of aliphatic hydroxyl groups excluding tert-OH is 2. The maximum Gasteiger partial charge on any atom is 0.323 e. The van der Waals surface area contributed by atoms with Crippen molar-refractivity contribution in [3.63, 3.8) is 0 Å². The summed E-state index contributed by atoms with van der Waals surface area (Å²) in [6.45, 7) is 2.60. The van der Waals surface area contributed by atoms with Crippen LogP contribution in [0, 0.1) is 6.92 Å². The monoisotopic (exact) mass is 444 g/mol. The number of aromatic nitrogens is 2. The Labute approximate surface area is 182 Å². The minimum Gasteiger partial charge on any atom is -0.393 e. The molecule has 0 fully saturated rings. The number of nitrogens with one attached hydrogen (secondary N) is 1. The zero-order valence-corrected chi connectivity index (χ0v) is 17.9. The number of aryl methyl sites for hydroxylation is 1. The fourth-order valence-electron chi connectivity index (χ4n) is 3.30. The molecule has 1 aromatic carbocycles. The largest absolute Gasteiger partial charge is 0.393 e. The molecule has 0 saturated heterocycles. The van der Waals surface area contributed by atoms with E-state index in [1.807, 2.05) is 25.1 Å². The molecular weight excluding hydrogens is 424 g/mol. The summed E-state index contributed by atoms with van der Waals surface area (Å²) in [5.41, 5.74) is 4.08. The molecule has 0 radical (unpaired) electrons. The minimum atomic E-state index is -1.00. The average molecular weight is 445 g/mol. The second-order valence-corrected chi connectivity index (χ2v) is 8.58. The SMILES string of the molecule is Cc1ccc2nc(NC(=O)N3CC=C(c4ncc([C@H](O)CO)cc4Cl)CC3)sc2c1. The number of anilines is 1. The molecule has 9 heteroatoms. The molecule has 1 aliphatic rings. The van der Waals surface area contributed by atoms with Crippen LogP contribution in [0.5, 0.6) is 0 Å². The topological polar surface area (TPSA) is 98.6 Å². The third-order valence-electron chi connectivity index (χ3n) is 4.98. The van der Waals surface area contributed by atoms with Crippen molar-refractivity contribution in [3.8, 4) is 0 Å². The number of fused-ring (bicyclic) bond motifs is 1. The van der Waals surface area contributed by atoms with Crippen molar-refractivity contribution in [1.82, 2.24) is 14.9 Å². The maximum atomic E-state index is 12.6. The second kappa shape index (κ2) is 8.69. The summed E-state index contributed by atoms with van der Waals surface area (Å²) in [7, 11) is 0. The molecule has 3 aromatic rings. The van der Waals surface area contributed by atoms with Crippen LogP contribution in [0.2, 0.25) is 5.02 Å². The van der Waals surface area contributed by atoms with Gasteiger partial charge in [0.1, 0.15) is 6.10 Å². The molecule has 1 atom stereocenters. The number of hydrogen-bond donors (Lipinski definition) is 3. The number of amides is 2. The maximum absolute atomic E-state index is 12.6. The summed E-state index contributed by atoms with van der Waals surface area (Å²) in [5.74, 6) is 0. The first-order valence-corrected chi connectivity index (χ1v) is 10.7. The highest BCUT2D eigenvalue weighted by molar-refractivity contribution is 7.22. The van der Waals surface area contributed by atoms with Gasteiger partial charge in [-0.1, -0.05) is 35.1 Å². The van der Waals surface area contributed by atoms with Gasteiger partial charge in [-0.3, -0.25) is 10.3 Å². The van der Waals surface area contributed by atoms with Crippen LogP contribution >= 0.6 is 22.9 Å². The Morgan fingerprint density at radius 1 is 1.40 bits per heavy atom. The molecule has 3 heterocycles. The molecule has 2 amide bonds. The molecule has 0 bridgehead atoms. The van der Waals surface area contributed by atoms with E-state index < -0.39 is 12.7 Å². The number of hydrogen-bond acceptors (Lipinski definition) is 6. The smallest absolute Gasteiger partial charge is 0.323 e. The predicted octanol–water partition coefficient (Wildman–Crippen LogP) is 4.00. The van der Waals surface area contributed by atoms with E-state index in [9.17, 15) is 9.90 Å². The van der Waals surface area contributed by atoms with Gasteiger partial charge in [0.2, 0.25) is 0 Å². The molecule has 156 valence electrons. The molecule has 2 aromatic heterocycles. The molecule has 0 aliphatic carbocycles. The predicted molar refractivity (Wildman–Crippen MR) is 119 cm³/mol. The van der Waals surface area contributed by atoms with Gasteiger partial charge in [-0.05, 0) is 42.7 Å². The van der Waals surface area contributed by atoms with Crippen molar-refractivity contribution in [2.24, 2.45) is 0 Å². The first-order chi connectivity index (χ1) is 14.4. The number of halogens is 1. The molecule has 1 aliphatic heterocycles. The summed E-state index contributed by atoms with van der Waals surface area (Å²) in [6.07, 6.45) is 3.05. The van der Waals surface area contributed by atoms with E-state index in [-0.39, 0.29) is 6.03 Å². The summed E-state index contributed by atoms with van der Waals surface area (Å²) >= 11 is 7.78. The number of nitrogens with zero attached hydrogens (tertiary/aromatic N) is 3. The molecule has 30 heavy (non-hydrogen) atoms. The molecule has 3 N–H and O–H groups in total. The summed E-state index contributed by atoms with van der Waals surface area (Å²) < 4.78 is 1.04. The summed E-state index contributed by atoms with van der Waals surface area (Å²) in [6, 6.07) is 7.43. The van der Waals surface area contributed by atoms with Crippen LogP contribution in [0.25, 0.3) is 15.8 Å². The van der Waals surface area contributed by atoms with E-state index in [1.165, 1.54) is 17.5 Å². The Balaban J connectivity index is 1.43. The molecule has 7 nitrogen and oxygen atoms in total. The molecule has 0 saturated carbocycles. The third kappa shape index (κ3) is 4.32. The molecular formula is C21H21ClN4O3S. The highest BCUT2D eigenvalue weighted by atomic mass is 35.5. The Bertz CT molecular complexity index is 1130. The van der Waals surface area contributed by atoms with Crippen LogP contribution in [0.3, 0.4) is 0 Å².